The van der Waals surface area contributed by atoms with E-state index in [-0.39, 0.29) is 12.3 Å². The van der Waals surface area contributed by atoms with Crippen LogP contribution in [0.25, 0.3) is 11.3 Å². The zero-order valence-corrected chi connectivity index (χ0v) is 17.9. The number of pyridine rings is 1. The zero-order valence-electron chi connectivity index (χ0n) is 17.9. The molecule has 1 aromatic carbocycles. The summed E-state index contributed by atoms with van der Waals surface area (Å²) in [6.45, 7) is 0.500. The van der Waals surface area contributed by atoms with Gasteiger partial charge in [0.15, 0.2) is 5.76 Å². The van der Waals surface area contributed by atoms with Gasteiger partial charge in [0.1, 0.15) is 0 Å². The Morgan fingerprint density at radius 1 is 0.971 bits per heavy atom. The zero-order chi connectivity index (χ0) is 26.1. The molecule has 2 N–H and O–H groups in total. The Balaban J connectivity index is 0.000000540. The van der Waals surface area contributed by atoms with E-state index >= 15 is 0 Å². The second kappa shape index (κ2) is 12.0. The Morgan fingerprint density at radius 3 is 2.17 bits per heavy atom. The number of hydrogen-bond donors (Lipinski definition) is 2. The number of rotatable bonds is 7. The molecule has 0 saturated heterocycles. The Bertz CT molecular complexity index is 1100. The van der Waals surface area contributed by atoms with Gasteiger partial charge < -0.3 is 14.9 Å². The number of amides is 1. The van der Waals surface area contributed by atoms with E-state index in [2.05, 4.69) is 15.5 Å². The average Bonchev–Trinajstić information content (AvgIpc) is 3.26. The molecule has 0 unspecified atom stereocenters. The maximum atomic E-state index is 12.7. The summed E-state index contributed by atoms with van der Waals surface area (Å²) in [5.41, 5.74) is 1.45. The molecule has 0 fully saturated rings. The molecule has 3 aromatic rings. The average molecular weight is 503 g/mol. The molecular formula is C22H19F6N3O4. The van der Waals surface area contributed by atoms with Crippen LogP contribution in [-0.4, -0.2) is 39.8 Å². The summed E-state index contributed by atoms with van der Waals surface area (Å²) in [6, 6.07) is 8.43. The van der Waals surface area contributed by atoms with E-state index in [1.54, 1.807) is 12.4 Å². The van der Waals surface area contributed by atoms with Gasteiger partial charge in [-0.05, 0) is 36.6 Å². The third kappa shape index (κ3) is 9.10. The number of halogens is 6. The lowest BCUT2D eigenvalue weighted by atomic mass is 10.0. The number of nitrogens with one attached hydrogen (secondary N) is 1. The molecule has 0 saturated carbocycles. The number of alkyl halides is 6. The number of hydrogen-bond acceptors (Lipinski definition) is 5. The van der Waals surface area contributed by atoms with Crippen molar-refractivity contribution < 1.29 is 45.6 Å². The summed E-state index contributed by atoms with van der Waals surface area (Å²) in [6.07, 6.45) is -3.27. The minimum Gasteiger partial charge on any atom is -0.475 e. The highest BCUT2D eigenvalue weighted by Crippen LogP contribution is 2.32. The van der Waals surface area contributed by atoms with Crippen molar-refractivity contribution in [3.8, 4) is 11.3 Å². The molecule has 0 bridgehead atoms. The van der Waals surface area contributed by atoms with Crippen LogP contribution >= 0.6 is 0 Å². The monoisotopic (exact) mass is 503 g/mol. The fourth-order valence-corrected chi connectivity index (χ4v) is 2.72. The van der Waals surface area contributed by atoms with E-state index in [1.165, 1.54) is 18.3 Å². The number of aryl methyl sites for hydroxylation is 1. The molecule has 0 atom stereocenters. The molecule has 0 radical (unpaired) electrons. The van der Waals surface area contributed by atoms with Crippen LogP contribution in [0.5, 0.6) is 0 Å². The van der Waals surface area contributed by atoms with E-state index in [0.29, 0.717) is 36.3 Å². The van der Waals surface area contributed by atoms with Crippen LogP contribution in [0, 0.1) is 0 Å². The topological polar surface area (TPSA) is 105 Å². The van der Waals surface area contributed by atoms with Crippen molar-refractivity contribution in [3.63, 3.8) is 0 Å². The molecule has 1 amide bonds. The first-order valence-electron chi connectivity index (χ1n) is 9.95. The SMILES string of the molecule is O=C(CCc1cnoc1-c1ccc(C(F)(F)F)cc1)NCCc1cccnc1.O=C(O)C(F)(F)F. The second-order valence-electron chi connectivity index (χ2n) is 7.02. The quantitative estimate of drug-likeness (QED) is 0.454. The van der Waals surface area contributed by atoms with Crippen LogP contribution in [0.4, 0.5) is 26.3 Å². The van der Waals surface area contributed by atoms with Gasteiger partial charge in [0.2, 0.25) is 5.91 Å². The van der Waals surface area contributed by atoms with E-state index in [9.17, 15) is 31.1 Å². The van der Waals surface area contributed by atoms with Gasteiger partial charge >= 0.3 is 18.3 Å². The highest BCUT2D eigenvalue weighted by molar-refractivity contribution is 5.76. The number of aromatic nitrogens is 2. The number of carboxylic acid groups (broad SMARTS) is 1. The third-order valence-corrected chi connectivity index (χ3v) is 4.44. The Morgan fingerprint density at radius 2 is 1.63 bits per heavy atom. The number of benzene rings is 1. The van der Waals surface area contributed by atoms with Crippen molar-refractivity contribution in [1.82, 2.24) is 15.5 Å². The van der Waals surface area contributed by atoms with Crippen molar-refractivity contribution in [1.29, 1.82) is 0 Å². The lowest BCUT2D eigenvalue weighted by Crippen LogP contribution is -2.25. The number of carbonyl (C=O) groups is 2. The van der Waals surface area contributed by atoms with E-state index in [1.807, 2.05) is 12.1 Å². The number of aliphatic carboxylic acids is 1. The van der Waals surface area contributed by atoms with Gasteiger partial charge in [-0.3, -0.25) is 9.78 Å². The molecule has 0 aliphatic carbocycles. The normalized spacial score (nSPS) is 11.4. The fraction of sp³-hybridized carbons (Fsp3) is 0.273. The van der Waals surface area contributed by atoms with Gasteiger partial charge in [-0.1, -0.05) is 23.4 Å². The van der Waals surface area contributed by atoms with Crippen molar-refractivity contribution >= 4 is 11.9 Å². The Labute approximate surface area is 194 Å². The molecule has 0 aliphatic rings. The summed E-state index contributed by atoms with van der Waals surface area (Å²) in [5.74, 6) is -2.51. The number of carboxylic acids is 1. The van der Waals surface area contributed by atoms with E-state index in [4.69, 9.17) is 14.4 Å². The third-order valence-electron chi connectivity index (χ3n) is 4.44. The van der Waals surface area contributed by atoms with Crippen LogP contribution in [0.2, 0.25) is 0 Å². The van der Waals surface area contributed by atoms with Gasteiger partial charge in [-0.15, -0.1) is 0 Å². The number of nitrogens with zero attached hydrogens (tertiary/aromatic N) is 2. The van der Waals surface area contributed by atoms with Gasteiger partial charge in [0.05, 0.1) is 11.8 Å². The number of carbonyl (C=O) groups excluding carboxylic acids is 1. The lowest BCUT2D eigenvalue weighted by Gasteiger charge is -2.07. The van der Waals surface area contributed by atoms with Crippen LogP contribution in [0.3, 0.4) is 0 Å². The first kappa shape index (κ1) is 27.3. The first-order chi connectivity index (χ1) is 16.4. The van der Waals surface area contributed by atoms with Gasteiger partial charge in [-0.25, -0.2) is 4.79 Å². The molecule has 0 spiro atoms. The summed E-state index contributed by atoms with van der Waals surface area (Å²) >= 11 is 0. The predicted molar refractivity (Wildman–Crippen MR) is 110 cm³/mol. The minimum absolute atomic E-state index is 0.122. The largest absolute Gasteiger partial charge is 0.490 e. The minimum atomic E-state index is -5.08. The predicted octanol–water partition coefficient (Wildman–Crippen LogP) is 4.68. The highest BCUT2D eigenvalue weighted by Gasteiger charge is 2.38. The standard InChI is InChI=1S/C20H18F3N3O2.C2HF3O2/c21-20(22,23)17-6-3-15(4-7-17)19-16(13-26-28-19)5-8-18(27)25-11-9-14-2-1-10-24-12-14;3-2(4,5)1(6)7/h1-4,6-7,10,12-13H,5,8-9,11H2,(H,25,27);(H,6,7). The summed E-state index contributed by atoms with van der Waals surface area (Å²) in [4.78, 5) is 24.9. The van der Waals surface area contributed by atoms with E-state index < -0.39 is 23.9 Å². The molecule has 188 valence electrons. The first-order valence-corrected chi connectivity index (χ1v) is 9.95. The lowest BCUT2D eigenvalue weighted by molar-refractivity contribution is -0.192. The van der Waals surface area contributed by atoms with Crippen molar-refractivity contribution in [3.05, 3.63) is 71.7 Å². The molecule has 0 aliphatic heterocycles. The second-order valence-corrected chi connectivity index (χ2v) is 7.02. The van der Waals surface area contributed by atoms with Crippen molar-refractivity contribution in [2.75, 3.05) is 6.54 Å². The molecule has 2 heterocycles. The Hall–Kier alpha value is -3.90. The molecular weight excluding hydrogens is 484 g/mol. The highest BCUT2D eigenvalue weighted by atomic mass is 19.4. The van der Waals surface area contributed by atoms with Gasteiger partial charge in [-0.2, -0.15) is 26.3 Å². The molecule has 35 heavy (non-hydrogen) atoms. The summed E-state index contributed by atoms with van der Waals surface area (Å²) in [7, 11) is 0. The smallest absolute Gasteiger partial charge is 0.475 e. The summed E-state index contributed by atoms with van der Waals surface area (Å²) < 4.78 is 74.9. The van der Waals surface area contributed by atoms with E-state index in [0.717, 1.165) is 17.7 Å². The molecule has 7 nitrogen and oxygen atoms in total. The maximum absolute atomic E-state index is 12.7. The maximum Gasteiger partial charge on any atom is 0.490 e. The van der Waals surface area contributed by atoms with Gasteiger partial charge in [0, 0.05) is 36.5 Å². The van der Waals surface area contributed by atoms with Crippen LogP contribution < -0.4 is 5.32 Å². The van der Waals surface area contributed by atoms with Crippen LogP contribution in [0.15, 0.2) is 59.5 Å². The fourth-order valence-electron chi connectivity index (χ4n) is 2.72. The van der Waals surface area contributed by atoms with Gasteiger partial charge in [0.25, 0.3) is 0 Å². The molecule has 13 heteroatoms. The van der Waals surface area contributed by atoms with Crippen molar-refractivity contribution in [2.24, 2.45) is 0 Å². The molecule has 2 aromatic heterocycles. The molecule has 3 rings (SSSR count). The summed E-state index contributed by atoms with van der Waals surface area (Å²) in [5, 5.41) is 13.7. The van der Waals surface area contributed by atoms with Crippen molar-refractivity contribution in [2.45, 2.75) is 31.6 Å². The Kier molecular flexibility index (Phi) is 9.37. The van der Waals surface area contributed by atoms with Crippen LogP contribution in [-0.2, 0) is 28.6 Å². The van der Waals surface area contributed by atoms with Crippen LogP contribution in [0.1, 0.15) is 23.1 Å².